The van der Waals surface area contributed by atoms with Gasteiger partial charge in [0.25, 0.3) is 0 Å². The first-order valence-corrected chi connectivity index (χ1v) is 10.9. The SMILES string of the molecule is COC(=O)C(=O)[C@H]1[C@H](c2ccccc2)c2c(n(C)c3ccccc23)C[C@H]1c1ccccc1. The molecular weight excluding hydrogens is 398 g/mol. The molecule has 0 saturated heterocycles. The van der Waals surface area contributed by atoms with E-state index in [2.05, 4.69) is 48.0 Å². The number of esters is 1. The smallest absolute Gasteiger partial charge is 0.374 e. The highest BCUT2D eigenvalue weighted by molar-refractivity contribution is 6.35. The summed E-state index contributed by atoms with van der Waals surface area (Å²) in [7, 11) is 3.37. The van der Waals surface area contributed by atoms with Crippen molar-refractivity contribution in [2.45, 2.75) is 18.3 Å². The number of methoxy groups -OCH3 is 1. The molecule has 0 aliphatic heterocycles. The second-order valence-electron chi connectivity index (χ2n) is 8.43. The highest BCUT2D eigenvalue weighted by Crippen LogP contribution is 2.51. The molecular formula is C28H25NO3. The van der Waals surface area contributed by atoms with Crippen molar-refractivity contribution in [2.24, 2.45) is 13.0 Å². The van der Waals surface area contributed by atoms with Crippen molar-refractivity contribution in [3.8, 4) is 0 Å². The number of nitrogens with zero attached hydrogens (tertiary/aromatic N) is 1. The average molecular weight is 424 g/mol. The van der Waals surface area contributed by atoms with Crippen LogP contribution in [0.15, 0.2) is 84.9 Å². The Bertz CT molecular complexity index is 1290. The molecule has 1 heterocycles. The van der Waals surface area contributed by atoms with Gasteiger partial charge in [0.1, 0.15) is 0 Å². The minimum atomic E-state index is -0.777. The maximum atomic E-state index is 13.6. The van der Waals surface area contributed by atoms with Crippen LogP contribution >= 0.6 is 0 Å². The molecule has 4 aromatic rings. The third-order valence-electron chi connectivity index (χ3n) is 6.86. The number of carbonyl (C=O) groups excluding carboxylic acids is 2. The number of ketones is 1. The van der Waals surface area contributed by atoms with Crippen LogP contribution in [0.5, 0.6) is 0 Å². The Morgan fingerprint density at radius 3 is 2.09 bits per heavy atom. The standard InChI is InChI=1S/C28H25NO3/c1-29-22-16-10-9-15-20(22)25-23(29)17-21(18-11-5-3-6-12-18)26(27(30)28(31)32-2)24(25)19-13-7-4-8-14-19/h3-16,21,24,26H,17H2,1-2H3/t21-,24+,26+/m0/s1. The molecule has 3 aromatic carbocycles. The zero-order valence-electron chi connectivity index (χ0n) is 18.2. The molecule has 1 aromatic heterocycles. The number of aromatic nitrogens is 1. The van der Waals surface area contributed by atoms with Crippen molar-refractivity contribution in [1.82, 2.24) is 4.57 Å². The summed E-state index contributed by atoms with van der Waals surface area (Å²) in [6.07, 6.45) is 0.682. The summed E-state index contributed by atoms with van der Waals surface area (Å²) >= 11 is 0. The van der Waals surface area contributed by atoms with E-state index in [4.69, 9.17) is 4.74 Å². The van der Waals surface area contributed by atoms with Crippen LogP contribution in [0.1, 0.15) is 34.2 Å². The molecule has 0 saturated carbocycles. The molecule has 0 amide bonds. The van der Waals surface area contributed by atoms with E-state index in [0.29, 0.717) is 6.42 Å². The number of ether oxygens (including phenoxy) is 1. The number of rotatable bonds is 4. The molecule has 5 rings (SSSR count). The van der Waals surface area contributed by atoms with Crippen LogP contribution in [0, 0.1) is 5.92 Å². The van der Waals surface area contributed by atoms with Gasteiger partial charge in [0, 0.05) is 41.4 Å². The van der Waals surface area contributed by atoms with Gasteiger partial charge in [0.05, 0.1) is 7.11 Å². The quantitative estimate of drug-likeness (QED) is 0.343. The Labute approximate surface area is 187 Å². The van der Waals surface area contributed by atoms with Gasteiger partial charge < -0.3 is 9.30 Å². The Balaban J connectivity index is 1.83. The second-order valence-corrected chi connectivity index (χ2v) is 8.43. The molecule has 32 heavy (non-hydrogen) atoms. The van der Waals surface area contributed by atoms with E-state index >= 15 is 0 Å². The number of hydrogen-bond acceptors (Lipinski definition) is 3. The molecule has 0 unspecified atom stereocenters. The van der Waals surface area contributed by atoms with Crippen LogP contribution in [0.2, 0.25) is 0 Å². The van der Waals surface area contributed by atoms with Crippen LogP contribution in [0.25, 0.3) is 10.9 Å². The first-order valence-electron chi connectivity index (χ1n) is 10.9. The van der Waals surface area contributed by atoms with Crippen molar-refractivity contribution in [2.75, 3.05) is 7.11 Å². The minimum absolute atomic E-state index is 0.136. The van der Waals surface area contributed by atoms with E-state index in [1.54, 1.807) is 0 Å². The molecule has 1 aliphatic rings. The number of hydrogen-bond donors (Lipinski definition) is 0. The molecule has 1 aliphatic carbocycles. The van der Waals surface area contributed by atoms with Gasteiger partial charge in [-0.2, -0.15) is 0 Å². The third-order valence-corrected chi connectivity index (χ3v) is 6.86. The van der Waals surface area contributed by atoms with Gasteiger partial charge >= 0.3 is 5.97 Å². The van der Waals surface area contributed by atoms with E-state index < -0.39 is 17.7 Å². The van der Waals surface area contributed by atoms with E-state index in [9.17, 15) is 9.59 Å². The van der Waals surface area contributed by atoms with Crippen molar-refractivity contribution in [1.29, 1.82) is 0 Å². The molecule has 3 atom stereocenters. The van der Waals surface area contributed by atoms with Gasteiger partial charge in [0.2, 0.25) is 5.78 Å². The lowest BCUT2D eigenvalue weighted by Crippen LogP contribution is -2.39. The van der Waals surface area contributed by atoms with Crippen LogP contribution in [-0.4, -0.2) is 23.4 Å². The number of carbonyl (C=O) groups is 2. The van der Waals surface area contributed by atoms with Gasteiger partial charge in [-0.05, 0) is 29.2 Å². The molecule has 4 heteroatoms. The Kier molecular flexibility index (Phi) is 5.14. The summed E-state index contributed by atoms with van der Waals surface area (Å²) in [5.74, 6) is -2.17. The Hall–Kier alpha value is -3.66. The van der Waals surface area contributed by atoms with Gasteiger partial charge in [-0.3, -0.25) is 4.79 Å². The van der Waals surface area contributed by atoms with Gasteiger partial charge in [-0.25, -0.2) is 4.79 Å². The molecule has 0 N–H and O–H groups in total. The molecule has 0 bridgehead atoms. The fourth-order valence-electron chi connectivity index (χ4n) is 5.45. The lowest BCUT2D eigenvalue weighted by molar-refractivity contribution is -0.154. The average Bonchev–Trinajstić information content (AvgIpc) is 3.15. The topological polar surface area (TPSA) is 48.3 Å². The monoisotopic (exact) mass is 423 g/mol. The molecule has 4 nitrogen and oxygen atoms in total. The number of benzene rings is 3. The summed E-state index contributed by atoms with van der Waals surface area (Å²) < 4.78 is 7.17. The zero-order chi connectivity index (χ0) is 22.2. The van der Waals surface area contributed by atoms with Crippen LogP contribution < -0.4 is 0 Å². The highest BCUT2D eigenvalue weighted by atomic mass is 16.5. The first-order chi connectivity index (χ1) is 15.6. The van der Waals surface area contributed by atoms with Crippen LogP contribution in [0.4, 0.5) is 0 Å². The molecule has 160 valence electrons. The fourth-order valence-corrected chi connectivity index (χ4v) is 5.45. The number of para-hydroxylation sites is 1. The van der Waals surface area contributed by atoms with Gasteiger partial charge in [-0.15, -0.1) is 0 Å². The van der Waals surface area contributed by atoms with E-state index in [-0.39, 0.29) is 11.8 Å². The summed E-state index contributed by atoms with van der Waals surface area (Å²) in [4.78, 5) is 26.1. The highest BCUT2D eigenvalue weighted by Gasteiger charge is 2.46. The maximum Gasteiger partial charge on any atom is 0.374 e. The summed E-state index contributed by atoms with van der Waals surface area (Å²) in [5.41, 5.74) is 5.59. The number of fused-ring (bicyclic) bond motifs is 3. The Morgan fingerprint density at radius 2 is 1.44 bits per heavy atom. The third kappa shape index (κ3) is 3.14. The predicted octanol–water partition coefficient (Wildman–Crippen LogP) is 5.01. The summed E-state index contributed by atoms with van der Waals surface area (Å²) in [6.45, 7) is 0. The second kappa shape index (κ2) is 8.12. The van der Waals surface area contributed by atoms with Gasteiger partial charge in [0.15, 0.2) is 0 Å². The largest absolute Gasteiger partial charge is 0.463 e. The Morgan fingerprint density at radius 1 is 0.844 bits per heavy atom. The number of Topliss-reactive ketones (excluding diaryl/α,β-unsaturated/α-hetero) is 1. The molecule has 0 radical (unpaired) electrons. The van der Waals surface area contributed by atoms with Crippen LogP contribution in [-0.2, 0) is 27.8 Å². The van der Waals surface area contributed by atoms with Gasteiger partial charge in [-0.1, -0.05) is 78.9 Å². The number of aryl methyl sites for hydroxylation is 1. The minimum Gasteiger partial charge on any atom is -0.463 e. The predicted molar refractivity (Wildman–Crippen MR) is 125 cm³/mol. The normalized spacial score (nSPS) is 20.0. The molecule has 0 spiro atoms. The van der Waals surface area contributed by atoms with E-state index in [1.165, 1.54) is 12.8 Å². The van der Waals surface area contributed by atoms with Crippen molar-refractivity contribution >= 4 is 22.7 Å². The maximum absolute atomic E-state index is 13.6. The summed E-state index contributed by atoms with van der Waals surface area (Å²) in [6, 6.07) is 28.4. The lowest BCUT2D eigenvalue weighted by Gasteiger charge is -2.38. The fraction of sp³-hybridized carbons (Fsp3) is 0.214. The molecule has 0 fully saturated rings. The first kappa shape index (κ1) is 20.3. The lowest BCUT2D eigenvalue weighted by atomic mass is 9.64. The van der Waals surface area contributed by atoms with E-state index in [0.717, 1.165) is 27.6 Å². The van der Waals surface area contributed by atoms with Crippen molar-refractivity contribution < 1.29 is 14.3 Å². The van der Waals surface area contributed by atoms with Crippen molar-refractivity contribution in [3.63, 3.8) is 0 Å². The van der Waals surface area contributed by atoms with Crippen molar-refractivity contribution in [3.05, 3.63) is 107 Å². The van der Waals surface area contributed by atoms with Crippen LogP contribution in [0.3, 0.4) is 0 Å². The van der Waals surface area contributed by atoms with E-state index in [1.807, 2.05) is 48.5 Å². The summed E-state index contributed by atoms with van der Waals surface area (Å²) in [5, 5.41) is 1.13. The zero-order valence-corrected chi connectivity index (χ0v) is 18.2.